The Kier molecular flexibility index (Phi) is 6.71. The van der Waals surface area contributed by atoms with Gasteiger partial charge < -0.3 is 4.90 Å². The van der Waals surface area contributed by atoms with Gasteiger partial charge in [-0.25, -0.2) is 4.98 Å². The molecule has 2 aromatic rings. The number of rotatable bonds is 4. The molecule has 1 aliphatic rings. The number of amides is 1. The normalized spacial score (nSPS) is 15.8. The Hall–Kier alpha value is -1.83. The summed E-state index contributed by atoms with van der Waals surface area (Å²) in [7, 11) is 1.89. The second-order valence-electron chi connectivity index (χ2n) is 7.14. The first-order chi connectivity index (χ1) is 13.6. The molecule has 0 atom stereocenters. The van der Waals surface area contributed by atoms with Crippen molar-refractivity contribution in [2.24, 2.45) is 0 Å². The smallest absolute Gasteiger partial charge is 0.339 e. The number of likely N-dealkylation sites (tertiary alicyclic amines) is 1. The van der Waals surface area contributed by atoms with E-state index in [1.54, 1.807) is 11.0 Å². The summed E-state index contributed by atoms with van der Waals surface area (Å²) in [5.41, 5.74) is 0.367. The summed E-state index contributed by atoms with van der Waals surface area (Å²) in [5, 5.41) is 0.327. The van der Waals surface area contributed by atoms with E-state index in [1.807, 2.05) is 11.9 Å². The fourth-order valence-corrected chi connectivity index (χ4v) is 4.00. The molecule has 1 saturated heterocycles. The number of nitrogens with zero attached hydrogens (tertiary/aromatic N) is 3. The van der Waals surface area contributed by atoms with Crippen molar-refractivity contribution in [1.82, 2.24) is 14.8 Å². The van der Waals surface area contributed by atoms with E-state index >= 15 is 0 Å². The highest BCUT2D eigenvalue weighted by Gasteiger charge is 2.31. The number of aromatic nitrogens is 1. The SMILES string of the molecule is CN(Cc1cccc(C(F)(F)F)c1)C1CCN(C(=O)c2cc(Cl)nc(Cl)c2)CC1. The summed E-state index contributed by atoms with van der Waals surface area (Å²) in [5.74, 6) is -0.157. The van der Waals surface area contributed by atoms with Gasteiger partial charge in [0, 0.05) is 31.2 Å². The zero-order valence-electron chi connectivity index (χ0n) is 15.7. The Morgan fingerprint density at radius 3 is 2.38 bits per heavy atom. The minimum atomic E-state index is -4.35. The van der Waals surface area contributed by atoms with E-state index in [4.69, 9.17) is 23.2 Å². The van der Waals surface area contributed by atoms with Gasteiger partial charge in [0.25, 0.3) is 5.91 Å². The maximum Gasteiger partial charge on any atom is 0.416 e. The van der Waals surface area contributed by atoms with Crippen LogP contribution in [0, 0.1) is 0 Å². The zero-order chi connectivity index (χ0) is 21.2. The third-order valence-corrected chi connectivity index (χ3v) is 5.46. The topological polar surface area (TPSA) is 36.4 Å². The van der Waals surface area contributed by atoms with Crippen LogP contribution in [0.15, 0.2) is 36.4 Å². The van der Waals surface area contributed by atoms with E-state index in [-0.39, 0.29) is 22.3 Å². The molecule has 0 N–H and O–H groups in total. The quantitative estimate of drug-likeness (QED) is 0.611. The van der Waals surface area contributed by atoms with Crippen LogP contribution >= 0.6 is 23.2 Å². The average Bonchev–Trinajstić information content (AvgIpc) is 2.66. The number of halogens is 5. The van der Waals surface area contributed by atoms with Crippen molar-refractivity contribution in [3.05, 3.63) is 63.4 Å². The first-order valence-electron chi connectivity index (χ1n) is 9.12. The molecule has 1 fully saturated rings. The van der Waals surface area contributed by atoms with Crippen LogP contribution in [0.5, 0.6) is 0 Å². The van der Waals surface area contributed by atoms with Gasteiger partial charge in [-0.3, -0.25) is 9.69 Å². The van der Waals surface area contributed by atoms with Crippen LogP contribution in [0.25, 0.3) is 0 Å². The molecule has 0 saturated carbocycles. The number of hydrogen-bond donors (Lipinski definition) is 0. The number of piperidine rings is 1. The first-order valence-corrected chi connectivity index (χ1v) is 9.88. The van der Waals surface area contributed by atoms with Gasteiger partial charge in [-0.1, -0.05) is 41.4 Å². The molecule has 1 aliphatic heterocycles. The summed E-state index contributed by atoms with van der Waals surface area (Å²) >= 11 is 11.7. The Labute approximate surface area is 177 Å². The number of hydrogen-bond acceptors (Lipinski definition) is 3. The molecule has 1 aromatic carbocycles. The second kappa shape index (κ2) is 8.90. The molecule has 4 nitrogen and oxygen atoms in total. The Morgan fingerprint density at radius 2 is 1.79 bits per heavy atom. The summed E-state index contributed by atoms with van der Waals surface area (Å²) < 4.78 is 38.7. The highest BCUT2D eigenvalue weighted by Crippen LogP contribution is 2.30. The first kappa shape index (κ1) is 21.9. The molecule has 1 amide bonds. The highest BCUT2D eigenvalue weighted by atomic mass is 35.5. The molecule has 1 aromatic heterocycles. The van der Waals surface area contributed by atoms with Crippen molar-refractivity contribution < 1.29 is 18.0 Å². The number of pyridine rings is 1. The van der Waals surface area contributed by atoms with Crippen LogP contribution in [0.1, 0.15) is 34.3 Å². The van der Waals surface area contributed by atoms with Crippen molar-refractivity contribution in [2.45, 2.75) is 31.6 Å². The molecule has 156 valence electrons. The van der Waals surface area contributed by atoms with Crippen LogP contribution < -0.4 is 0 Å². The van der Waals surface area contributed by atoms with E-state index in [1.165, 1.54) is 24.3 Å². The van der Waals surface area contributed by atoms with E-state index < -0.39 is 11.7 Å². The fraction of sp³-hybridized carbons (Fsp3) is 0.400. The molecule has 9 heteroatoms. The monoisotopic (exact) mass is 445 g/mol. The van der Waals surface area contributed by atoms with Crippen LogP contribution in [-0.4, -0.2) is 46.9 Å². The van der Waals surface area contributed by atoms with E-state index in [0.29, 0.717) is 30.8 Å². The van der Waals surface area contributed by atoms with Crippen LogP contribution in [-0.2, 0) is 12.7 Å². The Morgan fingerprint density at radius 1 is 1.17 bits per heavy atom. The summed E-state index contributed by atoms with van der Waals surface area (Å²) in [6.07, 6.45) is -2.89. The van der Waals surface area contributed by atoms with Gasteiger partial charge in [-0.15, -0.1) is 0 Å². The van der Waals surface area contributed by atoms with E-state index in [0.717, 1.165) is 18.9 Å². The third-order valence-electron chi connectivity index (χ3n) is 5.07. The lowest BCUT2D eigenvalue weighted by Crippen LogP contribution is -2.45. The maximum atomic E-state index is 12.9. The Balaban J connectivity index is 1.58. The molecule has 3 rings (SSSR count). The standard InChI is InChI=1S/C20H20Cl2F3N3O/c1-27(12-13-3-2-4-15(9-13)20(23,24)25)16-5-7-28(8-6-16)19(29)14-10-17(21)26-18(22)11-14/h2-4,9-11,16H,5-8,12H2,1H3. The molecule has 0 spiro atoms. The molecule has 0 unspecified atom stereocenters. The molecular formula is C20H20Cl2F3N3O. The van der Waals surface area contributed by atoms with Gasteiger partial charge in [0.05, 0.1) is 5.56 Å². The molecular weight excluding hydrogens is 426 g/mol. The van der Waals surface area contributed by atoms with Gasteiger partial charge in [-0.2, -0.15) is 13.2 Å². The van der Waals surface area contributed by atoms with Gasteiger partial charge in [0.1, 0.15) is 10.3 Å². The predicted molar refractivity (Wildman–Crippen MR) is 106 cm³/mol. The van der Waals surface area contributed by atoms with Crippen molar-refractivity contribution in [3.8, 4) is 0 Å². The molecule has 29 heavy (non-hydrogen) atoms. The number of alkyl halides is 3. The van der Waals surface area contributed by atoms with Crippen molar-refractivity contribution in [3.63, 3.8) is 0 Å². The van der Waals surface area contributed by atoms with E-state index in [2.05, 4.69) is 4.98 Å². The highest BCUT2D eigenvalue weighted by molar-refractivity contribution is 6.33. The van der Waals surface area contributed by atoms with Crippen LogP contribution in [0.2, 0.25) is 10.3 Å². The van der Waals surface area contributed by atoms with Crippen molar-refractivity contribution in [2.75, 3.05) is 20.1 Å². The van der Waals surface area contributed by atoms with Gasteiger partial charge in [0.2, 0.25) is 0 Å². The lowest BCUT2D eigenvalue weighted by molar-refractivity contribution is -0.137. The van der Waals surface area contributed by atoms with Crippen LogP contribution in [0.4, 0.5) is 13.2 Å². The van der Waals surface area contributed by atoms with Gasteiger partial charge in [-0.05, 0) is 43.7 Å². The van der Waals surface area contributed by atoms with Crippen LogP contribution in [0.3, 0.4) is 0 Å². The Bertz CT molecular complexity index is 863. The number of benzene rings is 1. The summed E-state index contributed by atoms with van der Waals surface area (Å²) in [4.78, 5) is 20.3. The summed E-state index contributed by atoms with van der Waals surface area (Å²) in [6, 6.07) is 8.54. The lowest BCUT2D eigenvalue weighted by Gasteiger charge is -2.37. The molecule has 0 bridgehead atoms. The fourth-order valence-electron chi connectivity index (χ4n) is 3.54. The zero-order valence-corrected chi connectivity index (χ0v) is 17.2. The second-order valence-corrected chi connectivity index (χ2v) is 7.91. The predicted octanol–water partition coefficient (Wildman–Crippen LogP) is 5.14. The minimum Gasteiger partial charge on any atom is -0.339 e. The molecule has 0 aliphatic carbocycles. The largest absolute Gasteiger partial charge is 0.416 e. The minimum absolute atomic E-state index is 0.157. The summed E-state index contributed by atoms with van der Waals surface area (Å²) in [6.45, 7) is 1.51. The van der Waals surface area contributed by atoms with E-state index in [9.17, 15) is 18.0 Å². The third kappa shape index (κ3) is 5.62. The number of carbonyl (C=O) groups excluding carboxylic acids is 1. The molecule has 0 radical (unpaired) electrons. The maximum absolute atomic E-state index is 12.9. The number of carbonyl (C=O) groups is 1. The van der Waals surface area contributed by atoms with Crippen molar-refractivity contribution in [1.29, 1.82) is 0 Å². The lowest BCUT2D eigenvalue weighted by atomic mass is 10.0. The van der Waals surface area contributed by atoms with Gasteiger partial charge in [0.15, 0.2) is 0 Å². The molecule has 2 heterocycles. The average molecular weight is 446 g/mol. The van der Waals surface area contributed by atoms with Gasteiger partial charge >= 0.3 is 6.18 Å². The van der Waals surface area contributed by atoms with Crippen molar-refractivity contribution >= 4 is 29.1 Å².